The number of hydrogen-bond acceptors (Lipinski definition) is 3. The van der Waals surface area contributed by atoms with E-state index in [-0.39, 0.29) is 11.9 Å². The molecule has 0 spiro atoms. The minimum Gasteiger partial charge on any atom is -0.466 e. The summed E-state index contributed by atoms with van der Waals surface area (Å²) >= 11 is 0. The van der Waals surface area contributed by atoms with Crippen molar-refractivity contribution in [2.24, 2.45) is 11.8 Å². The van der Waals surface area contributed by atoms with Crippen LogP contribution in [0.25, 0.3) is 0 Å². The molecule has 0 aromatic heterocycles. The second-order valence-corrected chi connectivity index (χ2v) is 5.60. The fraction of sp³-hybridized carbons (Fsp3) is 0.933. The van der Waals surface area contributed by atoms with E-state index < -0.39 is 0 Å². The Labute approximate surface area is 112 Å². The average Bonchev–Trinajstić information content (AvgIpc) is 2.37. The van der Waals surface area contributed by atoms with E-state index in [2.05, 4.69) is 19.2 Å². The van der Waals surface area contributed by atoms with Crippen LogP contribution in [0.3, 0.4) is 0 Å². The van der Waals surface area contributed by atoms with E-state index in [9.17, 15) is 4.79 Å². The first-order valence-corrected chi connectivity index (χ1v) is 7.57. The molecule has 0 radical (unpaired) electrons. The molecule has 1 fully saturated rings. The number of rotatable bonds is 7. The first-order valence-electron chi connectivity index (χ1n) is 7.57. The van der Waals surface area contributed by atoms with E-state index in [0.717, 1.165) is 38.1 Å². The highest BCUT2D eigenvalue weighted by molar-refractivity contribution is 5.72. The molecule has 18 heavy (non-hydrogen) atoms. The number of hydrogen-bond donors (Lipinski definition) is 1. The molecule has 0 aromatic carbocycles. The molecule has 1 aliphatic carbocycles. The van der Waals surface area contributed by atoms with Gasteiger partial charge in [0.25, 0.3) is 0 Å². The summed E-state index contributed by atoms with van der Waals surface area (Å²) in [6, 6.07) is 0.606. The monoisotopic (exact) mass is 255 g/mol. The minimum absolute atomic E-state index is 0.00954. The Morgan fingerprint density at radius 3 is 2.50 bits per heavy atom. The summed E-state index contributed by atoms with van der Waals surface area (Å²) in [7, 11) is 0. The molecule has 1 rings (SSSR count). The first kappa shape index (κ1) is 15.5. The highest BCUT2D eigenvalue weighted by atomic mass is 16.5. The Balaban J connectivity index is 2.17. The van der Waals surface area contributed by atoms with Crippen molar-refractivity contribution in [3.05, 3.63) is 0 Å². The molecule has 1 N–H and O–H groups in total. The summed E-state index contributed by atoms with van der Waals surface area (Å²) in [6.45, 7) is 8.04. The van der Waals surface area contributed by atoms with Crippen LogP contribution in [0.5, 0.6) is 0 Å². The van der Waals surface area contributed by atoms with Gasteiger partial charge >= 0.3 is 5.97 Å². The second-order valence-electron chi connectivity index (χ2n) is 5.60. The van der Waals surface area contributed by atoms with Crippen LogP contribution in [-0.2, 0) is 9.53 Å². The van der Waals surface area contributed by atoms with Crippen LogP contribution in [-0.4, -0.2) is 25.2 Å². The molecular formula is C15H29NO2. The molecule has 0 heterocycles. The fourth-order valence-electron chi connectivity index (χ4n) is 2.76. The highest BCUT2D eigenvalue weighted by Gasteiger charge is 2.26. The molecule has 0 amide bonds. The van der Waals surface area contributed by atoms with Gasteiger partial charge in [0.15, 0.2) is 0 Å². The molecule has 0 aliphatic heterocycles. The lowest BCUT2D eigenvalue weighted by Crippen LogP contribution is -2.37. The smallest absolute Gasteiger partial charge is 0.308 e. The van der Waals surface area contributed by atoms with E-state index in [1.54, 1.807) is 0 Å². The van der Waals surface area contributed by atoms with Crippen LogP contribution < -0.4 is 5.32 Å². The third kappa shape index (κ3) is 5.38. The number of ether oxygens (including phenoxy) is 1. The zero-order valence-electron chi connectivity index (χ0n) is 12.2. The summed E-state index contributed by atoms with van der Waals surface area (Å²) < 4.78 is 5.09. The molecular weight excluding hydrogens is 226 g/mol. The molecule has 0 bridgehead atoms. The summed E-state index contributed by atoms with van der Waals surface area (Å²) in [5.41, 5.74) is 0. The molecule has 1 atom stereocenters. The van der Waals surface area contributed by atoms with Crippen LogP contribution in [0.15, 0.2) is 0 Å². The maximum atomic E-state index is 11.6. The van der Waals surface area contributed by atoms with E-state index in [0.29, 0.717) is 12.6 Å². The van der Waals surface area contributed by atoms with E-state index >= 15 is 0 Å². The van der Waals surface area contributed by atoms with Gasteiger partial charge in [0.05, 0.1) is 12.5 Å². The molecule has 3 nitrogen and oxygen atoms in total. The molecule has 1 unspecified atom stereocenters. The standard InChI is InChI=1S/C15H29NO2/c1-4-6-12(3)11-16-14-9-7-13(8-10-14)15(17)18-5-2/h12-14,16H,4-11H2,1-3H3. The van der Waals surface area contributed by atoms with Gasteiger partial charge in [0, 0.05) is 6.04 Å². The summed E-state index contributed by atoms with van der Waals surface area (Å²) in [6.07, 6.45) is 6.76. The van der Waals surface area contributed by atoms with Gasteiger partial charge in [-0.05, 0) is 51.5 Å². The van der Waals surface area contributed by atoms with Crippen molar-refractivity contribution in [1.82, 2.24) is 5.32 Å². The fourth-order valence-corrected chi connectivity index (χ4v) is 2.76. The van der Waals surface area contributed by atoms with Gasteiger partial charge in [0.2, 0.25) is 0 Å². The Morgan fingerprint density at radius 2 is 1.94 bits per heavy atom. The molecule has 0 saturated heterocycles. The SMILES string of the molecule is CCCC(C)CNC1CCC(C(=O)OCC)CC1. The maximum Gasteiger partial charge on any atom is 0.308 e. The third-order valence-corrected chi connectivity index (χ3v) is 3.88. The Kier molecular flexibility index (Phi) is 7.33. The average molecular weight is 255 g/mol. The van der Waals surface area contributed by atoms with Gasteiger partial charge < -0.3 is 10.1 Å². The van der Waals surface area contributed by atoms with Crippen LogP contribution in [0.1, 0.15) is 59.3 Å². The van der Waals surface area contributed by atoms with Crippen LogP contribution in [0, 0.1) is 11.8 Å². The summed E-state index contributed by atoms with van der Waals surface area (Å²) in [4.78, 5) is 11.6. The van der Waals surface area contributed by atoms with Gasteiger partial charge in [-0.1, -0.05) is 20.3 Å². The second kappa shape index (κ2) is 8.52. The lowest BCUT2D eigenvalue weighted by Gasteiger charge is -2.28. The predicted molar refractivity (Wildman–Crippen MR) is 74.5 cm³/mol. The normalized spacial score (nSPS) is 25.7. The molecule has 1 saturated carbocycles. The topological polar surface area (TPSA) is 38.3 Å². The van der Waals surface area contributed by atoms with Crippen molar-refractivity contribution < 1.29 is 9.53 Å². The number of carbonyl (C=O) groups is 1. The van der Waals surface area contributed by atoms with Crippen LogP contribution in [0.4, 0.5) is 0 Å². The summed E-state index contributed by atoms with van der Waals surface area (Å²) in [5, 5.41) is 3.65. The zero-order valence-corrected chi connectivity index (χ0v) is 12.2. The van der Waals surface area contributed by atoms with Gasteiger partial charge in [-0.3, -0.25) is 4.79 Å². The lowest BCUT2D eigenvalue weighted by molar-refractivity contribution is -0.149. The molecule has 0 aromatic rings. The number of esters is 1. The first-order chi connectivity index (χ1) is 8.67. The lowest BCUT2D eigenvalue weighted by atomic mass is 9.86. The van der Waals surface area contributed by atoms with E-state index in [4.69, 9.17) is 4.74 Å². The van der Waals surface area contributed by atoms with Crippen molar-refractivity contribution in [3.8, 4) is 0 Å². The van der Waals surface area contributed by atoms with Crippen LogP contribution >= 0.6 is 0 Å². The molecule has 1 aliphatic rings. The minimum atomic E-state index is 0.00954. The van der Waals surface area contributed by atoms with Crippen molar-refractivity contribution in [1.29, 1.82) is 0 Å². The zero-order chi connectivity index (χ0) is 13.4. The quantitative estimate of drug-likeness (QED) is 0.710. The van der Waals surface area contributed by atoms with E-state index in [1.807, 2.05) is 6.92 Å². The third-order valence-electron chi connectivity index (χ3n) is 3.88. The van der Waals surface area contributed by atoms with Crippen molar-refractivity contribution in [2.45, 2.75) is 65.3 Å². The Bertz CT molecular complexity index is 235. The van der Waals surface area contributed by atoms with E-state index in [1.165, 1.54) is 12.8 Å². The maximum absolute atomic E-state index is 11.6. The molecule has 106 valence electrons. The van der Waals surface area contributed by atoms with Gasteiger partial charge in [-0.25, -0.2) is 0 Å². The van der Waals surface area contributed by atoms with Crippen molar-refractivity contribution in [2.75, 3.05) is 13.2 Å². The van der Waals surface area contributed by atoms with Gasteiger partial charge in [-0.2, -0.15) is 0 Å². The molecule has 3 heteroatoms. The highest BCUT2D eigenvalue weighted by Crippen LogP contribution is 2.25. The Hall–Kier alpha value is -0.570. The number of carbonyl (C=O) groups excluding carboxylic acids is 1. The van der Waals surface area contributed by atoms with Gasteiger partial charge in [0.1, 0.15) is 0 Å². The largest absolute Gasteiger partial charge is 0.466 e. The summed E-state index contributed by atoms with van der Waals surface area (Å²) in [5.74, 6) is 0.921. The van der Waals surface area contributed by atoms with Gasteiger partial charge in [-0.15, -0.1) is 0 Å². The Morgan fingerprint density at radius 1 is 1.28 bits per heavy atom. The predicted octanol–water partition coefficient (Wildman–Crippen LogP) is 3.13. The van der Waals surface area contributed by atoms with Crippen molar-refractivity contribution >= 4 is 5.97 Å². The van der Waals surface area contributed by atoms with Crippen LogP contribution in [0.2, 0.25) is 0 Å². The number of nitrogens with one attached hydrogen (secondary N) is 1. The van der Waals surface area contributed by atoms with Crippen molar-refractivity contribution in [3.63, 3.8) is 0 Å².